The van der Waals surface area contributed by atoms with Crippen LogP contribution in [0, 0.1) is 0 Å². The fraction of sp³-hybridized carbons (Fsp3) is 0.286. The summed E-state index contributed by atoms with van der Waals surface area (Å²) >= 11 is 1.54. The summed E-state index contributed by atoms with van der Waals surface area (Å²) in [5, 5.41) is 17.7. The molecule has 0 saturated heterocycles. The fourth-order valence-corrected chi connectivity index (χ4v) is 3.83. The maximum Gasteiger partial charge on any atom is 0.422 e. The van der Waals surface area contributed by atoms with E-state index in [-0.39, 0.29) is 12.3 Å². The number of fused-ring (bicyclic) bond motifs is 1. The second kappa shape index (κ2) is 9.82. The number of aliphatic imine (C=N–C) groups is 1. The highest BCUT2D eigenvalue weighted by Gasteiger charge is 2.28. The number of guanidine groups is 1. The summed E-state index contributed by atoms with van der Waals surface area (Å²) in [5.74, 6) is 0.617. The molecule has 0 aliphatic heterocycles. The monoisotopic (exact) mass is 437 g/mol. The van der Waals surface area contributed by atoms with E-state index < -0.39 is 18.9 Å². The van der Waals surface area contributed by atoms with Gasteiger partial charge in [0.25, 0.3) is 0 Å². The van der Waals surface area contributed by atoms with Crippen molar-refractivity contribution in [2.24, 2.45) is 4.99 Å². The van der Waals surface area contributed by atoms with Gasteiger partial charge in [-0.2, -0.15) is 13.2 Å². The van der Waals surface area contributed by atoms with Gasteiger partial charge in [0.1, 0.15) is 11.9 Å². The quantitative estimate of drug-likeness (QED) is 0.382. The molecule has 5 nitrogen and oxygen atoms in total. The molecule has 1 unspecified atom stereocenters. The van der Waals surface area contributed by atoms with Crippen LogP contribution in [0.25, 0.3) is 10.1 Å². The molecule has 0 saturated carbocycles. The van der Waals surface area contributed by atoms with Crippen molar-refractivity contribution in [2.75, 3.05) is 20.2 Å². The van der Waals surface area contributed by atoms with Gasteiger partial charge in [0, 0.05) is 29.7 Å². The smallest absolute Gasteiger partial charge is 0.422 e. The van der Waals surface area contributed by atoms with Crippen LogP contribution in [0.2, 0.25) is 0 Å². The minimum atomic E-state index is -4.38. The van der Waals surface area contributed by atoms with Gasteiger partial charge in [0.05, 0.1) is 0 Å². The molecule has 160 valence electrons. The minimum absolute atomic E-state index is 0.148. The lowest BCUT2D eigenvalue weighted by Gasteiger charge is -2.15. The Bertz CT molecular complexity index is 971. The van der Waals surface area contributed by atoms with Gasteiger partial charge in [-0.3, -0.25) is 4.99 Å². The van der Waals surface area contributed by atoms with Crippen molar-refractivity contribution < 1.29 is 23.0 Å². The molecule has 3 rings (SSSR count). The van der Waals surface area contributed by atoms with Crippen LogP contribution >= 0.6 is 11.3 Å². The molecule has 0 radical (unpaired) electrons. The van der Waals surface area contributed by atoms with Gasteiger partial charge in [-0.05, 0) is 35.2 Å². The van der Waals surface area contributed by atoms with Crippen LogP contribution in [0.3, 0.4) is 0 Å². The number of hydrogen-bond donors (Lipinski definition) is 3. The molecule has 0 fully saturated rings. The van der Waals surface area contributed by atoms with Crippen molar-refractivity contribution in [1.82, 2.24) is 10.6 Å². The van der Waals surface area contributed by atoms with E-state index in [1.165, 1.54) is 23.5 Å². The predicted molar refractivity (Wildman–Crippen MR) is 113 cm³/mol. The number of aliphatic hydroxyl groups is 1. The second-order valence-corrected chi connectivity index (χ2v) is 7.68. The highest BCUT2D eigenvalue weighted by molar-refractivity contribution is 7.19. The standard InChI is InChI=1S/C21H22F3N3O2S/c1-25-20(26-11-14-5-4-7-16(9-14)29-13-21(22,23)24)27-12-17(28)19-10-15-6-2-3-8-18(15)30-19/h2-10,17,28H,11-13H2,1H3,(H2,25,26,27). The Morgan fingerprint density at radius 3 is 2.67 bits per heavy atom. The zero-order valence-corrected chi connectivity index (χ0v) is 17.1. The summed E-state index contributed by atoms with van der Waals surface area (Å²) in [7, 11) is 1.60. The van der Waals surface area contributed by atoms with Crippen molar-refractivity contribution in [1.29, 1.82) is 0 Å². The van der Waals surface area contributed by atoms with Gasteiger partial charge in [-0.15, -0.1) is 11.3 Å². The minimum Gasteiger partial charge on any atom is -0.484 e. The van der Waals surface area contributed by atoms with E-state index in [1.54, 1.807) is 19.2 Å². The Balaban J connectivity index is 1.51. The van der Waals surface area contributed by atoms with Crippen LogP contribution in [0.15, 0.2) is 59.6 Å². The number of benzene rings is 2. The number of rotatable bonds is 7. The van der Waals surface area contributed by atoms with E-state index >= 15 is 0 Å². The molecular weight excluding hydrogens is 415 g/mol. The predicted octanol–water partition coefficient (Wildman–Crippen LogP) is 4.24. The Hall–Kier alpha value is -2.78. The third-order valence-electron chi connectivity index (χ3n) is 4.22. The van der Waals surface area contributed by atoms with Gasteiger partial charge < -0.3 is 20.5 Å². The summed E-state index contributed by atoms with van der Waals surface area (Å²) < 4.78 is 42.8. The average Bonchev–Trinajstić information content (AvgIpc) is 3.16. The molecule has 1 atom stereocenters. The van der Waals surface area contributed by atoms with Crippen LogP contribution in [-0.2, 0) is 6.54 Å². The molecular formula is C21H22F3N3O2S. The number of thiophene rings is 1. The molecule has 0 bridgehead atoms. The zero-order valence-electron chi connectivity index (χ0n) is 16.2. The highest BCUT2D eigenvalue weighted by Crippen LogP contribution is 2.29. The Morgan fingerprint density at radius 1 is 1.13 bits per heavy atom. The first kappa shape index (κ1) is 21.9. The number of alkyl halides is 3. The van der Waals surface area contributed by atoms with E-state index in [1.807, 2.05) is 30.3 Å². The average molecular weight is 437 g/mol. The Labute approximate surface area is 176 Å². The number of hydrogen-bond acceptors (Lipinski definition) is 4. The Kier molecular flexibility index (Phi) is 7.17. The van der Waals surface area contributed by atoms with E-state index in [2.05, 4.69) is 15.6 Å². The van der Waals surface area contributed by atoms with Crippen molar-refractivity contribution in [3.8, 4) is 5.75 Å². The van der Waals surface area contributed by atoms with Crippen molar-refractivity contribution >= 4 is 27.4 Å². The molecule has 1 heterocycles. The molecule has 0 amide bonds. The summed E-state index contributed by atoms with van der Waals surface area (Å²) in [6.07, 6.45) is -5.07. The third-order valence-corrected chi connectivity index (χ3v) is 5.44. The summed E-state index contributed by atoms with van der Waals surface area (Å²) in [4.78, 5) is 4.96. The molecule has 0 aliphatic rings. The van der Waals surface area contributed by atoms with Gasteiger partial charge in [0.2, 0.25) is 0 Å². The first-order chi connectivity index (χ1) is 14.3. The second-order valence-electron chi connectivity index (χ2n) is 6.56. The third kappa shape index (κ3) is 6.36. The summed E-state index contributed by atoms with van der Waals surface area (Å²) in [6.45, 7) is -0.730. The van der Waals surface area contributed by atoms with Gasteiger partial charge >= 0.3 is 6.18 Å². The first-order valence-electron chi connectivity index (χ1n) is 9.23. The molecule has 30 heavy (non-hydrogen) atoms. The van der Waals surface area contributed by atoms with Crippen LogP contribution < -0.4 is 15.4 Å². The lowest BCUT2D eigenvalue weighted by molar-refractivity contribution is -0.153. The van der Waals surface area contributed by atoms with Crippen molar-refractivity contribution in [3.05, 3.63) is 65.0 Å². The number of aliphatic hydroxyl groups excluding tert-OH is 1. The fourth-order valence-electron chi connectivity index (χ4n) is 2.78. The van der Waals surface area contributed by atoms with Crippen molar-refractivity contribution in [2.45, 2.75) is 18.8 Å². The Morgan fingerprint density at radius 2 is 1.93 bits per heavy atom. The van der Waals surface area contributed by atoms with Gasteiger partial charge in [-0.1, -0.05) is 30.3 Å². The molecule has 0 aliphatic carbocycles. The van der Waals surface area contributed by atoms with Gasteiger partial charge in [0.15, 0.2) is 12.6 Å². The lowest BCUT2D eigenvalue weighted by Crippen LogP contribution is -2.38. The van der Waals surface area contributed by atoms with Gasteiger partial charge in [-0.25, -0.2) is 0 Å². The number of ether oxygens (including phenoxy) is 1. The highest BCUT2D eigenvalue weighted by atomic mass is 32.1. The zero-order chi connectivity index (χ0) is 21.6. The summed E-state index contributed by atoms with van der Waals surface area (Å²) in [5.41, 5.74) is 0.739. The SMILES string of the molecule is CN=C(NCc1cccc(OCC(F)(F)F)c1)NCC(O)c1cc2ccccc2s1. The molecule has 3 N–H and O–H groups in total. The van der Waals surface area contributed by atoms with Crippen LogP contribution in [0.5, 0.6) is 5.75 Å². The topological polar surface area (TPSA) is 65.9 Å². The molecule has 1 aromatic heterocycles. The first-order valence-corrected chi connectivity index (χ1v) is 10.1. The maximum atomic E-state index is 12.3. The lowest BCUT2D eigenvalue weighted by atomic mass is 10.2. The molecule has 2 aromatic carbocycles. The van der Waals surface area contributed by atoms with E-state index in [4.69, 9.17) is 4.74 Å². The summed E-state index contributed by atoms with van der Waals surface area (Å²) in [6, 6.07) is 16.3. The van der Waals surface area contributed by atoms with Crippen LogP contribution in [-0.4, -0.2) is 37.4 Å². The number of nitrogens with zero attached hydrogens (tertiary/aromatic N) is 1. The van der Waals surface area contributed by atoms with E-state index in [0.29, 0.717) is 12.5 Å². The maximum absolute atomic E-state index is 12.3. The van der Waals surface area contributed by atoms with Crippen LogP contribution in [0.4, 0.5) is 13.2 Å². The normalized spacial score (nSPS) is 13.3. The number of nitrogens with one attached hydrogen (secondary N) is 2. The molecule has 3 aromatic rings. The van der Waals surface area contributed by atoms with Crippen molar-refractivity contribution in [3.63, 3.8) is 0 Å². The van der Waals surface area contributed by atoms with Crippen LogP contribution in [0.1, 0.15) is 16.5 Å². The molecule has 9 heteroatoms. The molecule has 0 spiro atoms. The largest absolute Gasteiger partial charge is 0.484 e. The number of halogens is 3. The van der Waals surface area contributed by atoms with E-state index in [0.717, 1.165) is 20.5 Å². The van der Waals surface area contributed by atoms with E-state index in [9.17, 15) is 18.3 Å².